The molecule has 2 N–H and O–H groups in total. The van der Waals surface area contributed by atoms with E-state index < -0.39 is 58.9 Å². The molecule has 0 radical (unpaired) electrons. The molecule has 2 aromatic carbocycles. The van der Waals surface area contributed by atoms with Gasteiger partial charge in [-0.3, -0.25) is 19.2 Å². The Kier molecular flexibility index (Phi) is 10.4. The van der Waals surface area contributed by atoms with E-state index in [0.29, 0.717) is 38.1 Å². The van der Waals surface area contributed by atoms with Gasteiger partial charge in [-0.05, 0) is 36.8 Å². The van der Waals surface area contributed by atoms with E-state index in [9.17, 15) is 41.1 Å². The average Bonchev–Trinajstić information content (AvgIpc) is 3.59. The van der Waals surface area contributed by atoms with Crippen molar-refractivity contribution < 1.29 is 41.1 Å². The van der Waals surface area contributed by atoms with Crippen molar-refractivity contribution >= 4 is 40.8 Å². The second-order valence-electron chi connectivity index (χ2n) is 12.0. The zero-order chi connectivity index (χ0) is 37.2. The topological polar surface area (TPSA) is 146 Å². The van der Waals surface area contributed by atoms with Crippen LogP contribution in [0, 0.1) is 11.6 Å². The number of morpholine rings is 1. The van der Waals surface area contributed by atoms with Gasteiger partial charge in [0, 0.05) is 39.3 Å². The van der Waals surface area contributed by atoms with Crippen molar-refractivity contribution in [2.75, 3.05) is 74.1 Å². The summed E-state index contributed by atoms with van der Waals surface area (Å²) >= 11 is 0. The Hall–Kier alpha value is -5.59. The van der Waals surface area contributed by atoms with Crippen LogP contribution in [0.1, 0.15) is 28.5 Å². The van der Waals surface area contributed by atoms with Crippen molar-refractivity contribution in [3.63, 3.8) is 0 Å². The van der Waals surface area contributed by atoms with Gasteiger partial charge >= 0.3 is 6.18 Å². The highest BCUT2D eigenvalue weighted by Gasteiger charge is 2.32. The minimum absolute atomic E-state index is 0.0227. The maximum Gasteiger partial charge on any atom is 0.416 e. The van der Waals surface area contributed by atoms with Gasteiger partial charge in [-0.15, -0.1) is 5.10 Å². The molecule has 2 aliphatic heterocycles. The Balaban J connectivity index is 1.25. The van der Waals surface area contributed by atoms with Gasteiger partial charge in [0.2, 0.25) is 23.5 Å². The number of carbonyl (C=O) groups is 3. The Bertz CT molecular complexity index is 2050. The quantitative estimate of drug-likeness (QED) is 0.248. The van der Waals surface area contributed by atoms with Crippen LogP contribution < -0.4 is 26.0 Å². The predicted octanol–water partition coefficient (Wildman–Crippen LogP) is 2.30. The largest absolute Gasteiger partial charge is 0.416 e. The first-order valence-electron chi connectivity index (χ1n) is 16.4. The van der Waals surface area contributed by atoms with Gasteiger partial charge < -0.3 is 34.6 Å². The van der Waals surface area contributed by atoms with Gasteiger partial charge in [0.05, 0.1) is 42.3 Å². The second-order valence-corrected chi connectivity index (χ2v) is 12.0. The van der Waals surface area contributed by atoms with E-state index in [-0.39, 0.29) is 68.2 Å². The first kappa shape index (κ1) is 36.2. The Morgan fingerprint density at radius 3 is 2.29 bits per heavy atom. The molecular formula is C33H34F5N9O5. The molecule has 4 heterocycles. The molecule has 4 aromatic rings. The Labute approximate surface area is 292 Å². The highest BCUT2D eigenvalue weighted by molar-refractivity contribution is 5.96. The summed E-state index contributed by atoms with van der Waals surface area (Å²) in [6.07, 6.45) is -4.55. The molecule has 2 aromatic heterocycles. The molecule has 0 saturated carbocycles. The molecule has 3 amide bonds. The number of piperazine rings is 1. The van der Waals surface area contributed by atoms with E-state index in [2.05, 4.69) is 20.7 Å². The second kappa shape index (κ2) is 14.9. The first-order chi connectivity index (χ1) is 24.8. The minimum Gasteiger partial charge on any atom is -0.378 e. The summed E-state index contributed by atoms with van der Waals surface area (Å²) in [4.78, 5) is 62.5. The van der Waals surface area contributed by atoms with Crippen LogP contribution in [0.4, 0.5) is 39.3 Å². The normalized spacial score (nSPS) is 15.2. The van der Waals surface area contributed by atoms with E-state index >= 15 is 0 Å². The van der Waals surface area contributed by atoms with Crippen molar-refractivity contribution in [2.45, 2.75) is 26.1 Å². The number of aromatic nitrogens is 4. The number of nitrogens with zero attached hydrogens (tertiary/aromatic N) is 7. The fraction of sp³-hybridized carbons (Fsp3) is 0.394. The number of benzene rings is 2. The summed E-state index contributed by atoms with van der Waals surface area (Å²) in [5.41, 5.74) is -1.81. The van der Waals surface area contributed by atoms with E-state index in [0.717, 1.165) is 16.6 Å². The smallest absolute Gasteiger partial charge is 0.378 e. The summed E-state index contributed by atoms with van der Waals surface area (Å²) in [6, 6.07) is 7.15. The zero-order valence-corrected chi connectivity index (χ0v) is 27.9. The van der Waals surface area contributed by atoms with Crippen molar-refractivity contribution in [3.8, 4) is 0 Å². The van der Waals surface area contributed by atoms with Crippen LogP contribution in [0.5, 0.6) is 0 Å². The number of hydrogen-bond acceptors (Lipinski definition) is 9. The minimum atomic E-state index is -4.78. The van der Waals surface area contributed by atoms with Gasteiger partial charge in [0.1, 0.15) is 23.9 Å². The van der Waals surface area contributed by atoms with Crippen LogP contribution in [-0.2, 0) is 33.5 Å². The van der Waals surface area contributed by atoms with E-state index in [4.69, 9.17) is 4.74 Å². The average molecular weight is 732 g/mol. The number of amides is 3. The van der Waals surface area contributed by atoms with Crippen LogP contribution in [0.25, 0.3) is 5.78 Å². The lowest BCUT2D eigenvalue weighted by molar-refractivity contribution is -0.137. The molecule has 2 saturated heterocycles. The SMILES string of the molecule is CCc1c(N2CCN(C(=O)CNC(=O)c3ccccc3F)CC2)c(=O)n2nc(N3CCOCC3)nc2n1CC(=O)Nc1ccc(C(F)(F)F)cc1F. The third-order valence-corrected chi connectivity index (χ3v) is 8.78. The van der Waals surface area contributed by atoms with Gasteiger partial charge in [0.15, 0.2) is 0 Å². The Morgan fingerprint density at radius 1 is 0.923 bits per heavy atom. The number of nitrogens with one attached hydrogen (secondary N) is 2. The third-order valence-electron chi connectivity index (χ3n) is 8.78. The molecule has 0 atom stereocenters. The highest BCUT2D eigenvalue weighted by Crippen LogP contribution is 2.31. The van der Waals surface area contributed by atoms with Gasteiger partial charge in [-0.25, -0.2) is 8.78 Å². The molecule has 0 aliphatic carbocycles. The molecular weight excluding hydrogens is 697 g/mol. The van der Waals surface area contributed by atoms with Crippen LogP contribution >= 0.6 is 0 Å². The Morgan fingerprint density at radius 2 is 1.63 bits per heavy atom. The summed E-state index contributed by atoms with van der Waals surface area (Å²) in [5, 5.41) is 9.22. The number of halogens is 5. The highest BCUT2D eigenvalue weighted by atomic mass is 19.4. The van der Waals surface area contributed by atoms with Crippen molar-refractivity contribution in [1.29, 1.82) is 0 Å². The molecule has 0 bridgehead atoms. The van der Waals surface area contributed by atoms with Gasteiger partial charge in [-0.2, -0.15) is 22.7 Å². The van der Waals surface area contributed by atoms with E-state index in [1.165, 1.54) is 27.7 Å². The zero-order valence-electron chi connectivity index (χ0n) is 27.9. The molecule has 276 valence electrons. The monoisotopic (exact) mass is 731 g/mol. The molecule has 6 rings (SSSR count). The molecule has 0 unspecified atom stereocenters. The van der Waals surface area contributed by atoms with E-state index in [1.807, 2.05) is 4.90 Å². The molecule has 2 fully saturated rings. The lowest BCUT2D eigenvalue weighted by Gasteiger charge is -2.36. The molecule has 14 nitrogen and oxygen atoms in total. The number of alkyl halides is 3. The van der Waals surface area contributed by atoms with Crippen molar-refractivity contribution in [2.24, 2.45) is 0 Å². The van der Waals surface area contributed by atoms with Crippen molar-refractivity contribution in [1.82, 2.24) is 29.4 Å². The molecule has 19 heteroatoms. The van der Waals surface area contributed by atoms with Crippen LogP contribution in [-0.4, -0.2) is 101 Å². The summed E-state index contributed by atoms with van der Waals surface area (Å²) in [7, 11) is 0. The number of anilines is 3. The number of carbonyl (C=O) groups excluding carboxylic acids is 3. The van der Waals surface area contributed by atoms with E-state index in [1.54, 1.807) is 11.8 Å². The van der Waals surface area contributed by atoms with Crippen molar-refractivity contribution in [3.05, 3.63) is 81.3 Å². The number of rotatable bonds is 9. The number of fused-ring (bicyclic) bond motifs is 1. The first-order valence-corrected chi connectivity index (χ1v) is 16.4. The maximum absolute atomic E-state index is 14.6. The molecule has 0 spiro atoms. The fourth-order valence-electron chi connectivity index (χ4n) is 6.13. The summed E-state index contributed by atoms with van der Waals surface area (Å²) in [5.74, 6) is -3.70. The number of hydrogen-bond donors (Lipinski definition) is 2. The number of ether oxygens (including phenoxy) is 1. The lowest BCUT2D eigenvalue weighted by atomic mass is 10.2. The van der Waals surface area contributed by atoms with Crippen LogP contribution in [0.3, 0.4) is 0 Å². The van der Waals surface area contributed by atoms with Crippen LogP contribution in [0.15, 0.2) is 47.3 Å². The van der Waals surface area contributed by atoms with Gasteiger partial charge in [-0.1, -0.05) is 19.1 Å². The predicted molar refractivity (Wildman–Crippen MR) is 177 cm³/mol. The maximum atomic E-state index is 14.6. The van der Waals surface area contributed by atoms with Crippen LogP contribution in [0.2, 0.25) is 0 Å². The summed E-state index contributed by atoms with van der Waals surface area (Å²) < 4.78 is 75.8. The lowest BCUT2D eigenvalue weighted by Crippen LogP contribution is -2.52. The fourth-order valence-corrected chi connectivity index (χ4v) is 6.13. The standard InChI is InChI=1S/C33H34F5N9O5/c1-2-25-28(44-11-9-43(10-12-44)27(49)18-39-29(50)21-5-3-4-6-22(21)34)30(51)47-32(41-31(42-47)45-13-15-52-16-14-45)46(25)19-26(48)40-24-8-7-20(17-23(24)35)33(36,37)38/h3-8,17H,2,9-16,18-19H2,1H3,(H,39,50)(H,40,48). The van der Waals surface area contributed by atoms with Gasteiger partial charge in [0.25, 0.3) is 11.5 Å². The molecule has 52 heavy (non-hydrogen) atoms. The molecule has 2 aliphatic rings. The third kappa shape index (κ3) is 7.53. The summed E-state index contributed by atoms with van der Waals surface area (Å²) in [6.45, 7) is 3.31.